The van der Waals surface area contributed by atoms with E-state index < -0.39 is 0 Å². The van der Waals surface area contributed by atoms with Crippen LogP contribution in [0, 0.1) is 0 Å². The number of piperazine rings is 1. The Morgan fingerprint density at radius 1 is 1.31 bits per heavy atom. The first-order valence-electron chi connectivity index (χ1n) is 4.60. The zero-order valence-corrected chi connectivity index (χ0v) is 7.82. The number of carbonyl (C=O) groups is 1. The summed E-state index contributed by atoms with van der Waals surface area (Å²) in [4.78, 5) is 19.0. The molecule has 0 bridgehead atoms. The molecule has 76 valence electrons. The number of hydrogen-bond donors (Lipinski definition) is 1. The number of nitrogens with zero attached hydrogens (tertiary/aromatic N) is 2. The van der Waals surface area contributed by atoms with Crippen LogP contribution >= 0.6 is 0 Å². The Hall–Kier alpha value is -0.650. The second kappa shape index (κ2) is 5.90. The Morgan fingerprint density at radius 3 is 2.54 bits per heavy atom. The molecule has 0 unspecified atom stereocenters. The molecule has 1 amide bonds. The molecule has 13 heavy (non-hydrogen) atoms. The van der Waals surface area contributed by atoms with Gasteiger partial charge in [0.1, 0.15) is 0 Å². The van der Waals surface area contributed by atoms with Gasteiger partial charge >= 0.3 is 0 Å². The fourth-order valence-corrected chi connectivity index (χ4v) is 1.46. The predicted octanol–water partition coefficient (Wildman–Crippen LogP) is -0.959. The number of amides is 1. The minimum atomic E-state index is 0.605. The normalized spacial score (nSPS) is 19.0. The van der Waals surface area contributed by atoms with E-state index in [-0.39, 0.29) is 0 Å². The summed E-state index contributed by atoms with van der Waals surface area (Å²) in [5.74, 6) is 4.91. The number of nitrogens with two attached hydrogens (primary N) is 1. The monoisotopic (exact) mass is 187 g/mol. The van der Waals surface area contributed by atoms with Crippen LogP contribution in [-0.2, 0) is 9.63 Å². The maximum Gasteiger partial charge on any atom is 0.209 e. The van der Waals surface area contributed by atoms with Crippen LogP contribution in [0.2, 0.25) is 0 Å². The van der Waals surface area contributed by atoms with E-state index in [2.05, 4.69) is 9.74 Å². The molecule has 1 fully saturated rings. The van der Waals surface area contributed by atoms with E-state index in [0.717, 1.165) is 45.6 Å². The van der Waals surface area contributed by atoms with Gasteiger partial charge in [-0.25, -0.2) is 5.90 Å². The lowest BCUT2D eigenvalue weighted by Crippen LogP contribution is -2.46. The SMILES string of the molecule is NOCCCN1CCN(C=O)CC1. The molecular formula is C8H17N3O2. The van der Waals surface area contributed by atoms with Gasteiger partial charge in [-0.15, -0.1) is 0 Å². The Kier molecular flexibility index (Phi) is 4.74. The van der Waals surface area contributed by atoms with Gasteiger partial charge in [0.25, 0.3) is 0 Å². The first-order chi connectivity index (χ1) is 6.36. The van der Waals surface area contributed by atoms with Gasteiger partial charge in [-0.2, -0.15) is 0 Å². The lowest BCUT2D eigenvalue weighted by atomic mass is 10.3. The second-order valence-electron chi connectivity index (χ2n) is 3.21. The molecule has 1 rings (SSSR count). The van der Waals surface area contributed by atoms with Gasteiger partial charge in [0.15, 0.2) is 0 Å². The van der Waals surface area contributed by atoms with Crippen molar-refractivity contribution in [1.29, 1.82) is 0 Å². The highest BCUT2D eigenvalue weighted by molar-refractivity contribution is 5.47. The molecule has 0 atom stereocenters. The van der Waals surface area contributed by atoms with E-state index in [1.165, 1.54) is 0 Å². The molecule has 1 aliphatic rings. The zero-order chi connectivity index (χ0) is 9.52. The molecule has 0 aromatic rings. The fourth-order valence-electron chi connectivity index (χ4n) is 1.46. The lowest BCUT2D eigenvalue weighted by Gasteiger charge is -2.32. The van der Waals surface area contributed by atoms with Crippen molar-refractivity contribution < 1.29 is 9.63 Å². The van der Waals surface area contributed by atoms with Gasteiger partial charge in [-0.1, -0.05) is 0 Å². The molecule has 2 N–H and O–H groups in total. The van der Waals surface area contributed by atoms with Crippen LogP contribution in [0.1, 0.15) is 6.42 Å². The summed E-state index contributed by atoms with van der Waals surface area (Å²) in [7, 11) is 0. The Balaban J connectivity index is 2.07. The quantitative estimate of drug-likeness (QED) is 0.342. The summed E-state index contributed by atoms with van der Waals surface area (Å²) >= 11 is 0. The molecule has 0 saturated carbocycles. The van der Waals surface area contributed by atoms with Crippen molar-refractivity contribution in [3.05, 3.63) is 0 Å². The smallest absolute Gasteiger partial charge is 0.209 e. The Bertz CT molecular complexity index is 146. The fraction of sp³-hybridized carbons (Fsp3) is 0.875. The summed E-state index contributed by atoms with van der Waals surface area (Å²) in [6.45, 7) is 5.21. The number of rotatable bonds is 5. The van der Waals surface area contributed by atoms with E-state index in [1.807, 2.05) is 0 Å². The topological polar surface area (TPSA) is 58.8 Å². The van der Waals surface area contributed by atoms with Crippen LogP contribution in [0.3, 0.4) is 0 Å². The van der Waals surface area contributed by atoms with E-state index in [9.17, 15) is 4.79 Å². The van der Waals surface area contributed by atoms with Gasteiger partial charge in [0.05, 0.1) is 6.61 Å². The number of carbonyl (C=O) groups excluding carboxylic acids is 1. The van der Waals surface area contributed by atoms with Crippen molar-refractivity contribution in [3.8, 4) is 0 Å². The molecule has 5 heteroatoms. The van der Waals surface area contributed by atoms with Crippen LogP contribution in [-0.4, -0.2) is 55.5 Å². The van der Waals surface area contributed by atoms with Crippen LogP contribution in [0.15, 0.2) is 0 Å². The minimum Gasteiger partial charge on any atom is -0.343 e. The molecule has 1 heterocycles. The maximum atomic E-state index is 10.4. The maximum absolute atomic E-state index is 10.4. The minimum absolute atomic E-state index is 0.605. The summed E-state index contributed by atoms with van der Waals surface area (Å²) in [6.07, 6.45) is 1.87. The first-order valence-corrected chi connectivity index (χ1v) is 4.60. The van der Waals surface area contributed by atoms with Crippen LogP contribution in [0.25, 0.3) is 0 Å². The van der Waals surface area contributed by atoms with Crippen LogP contribution in [0.4, 0.5) is 0 Å². The highest BCUT2D eigenvalue weighted by atomic mass is 16.6. The molecule has 0 radical (unpaired) electrons. The molecule has 0 spiro atoms. The largest absolute Gasteiger partial charge is 0.343 e. The van der Waals surface area contributed by atoms with E-state index >= 15 is 0 Å². The molecular weight excluding hydrogens is 170 g/mol. The third-order valence-electron chi connectivity index (χ3n) is 2.29. The molecule has 0 aromatic carbocycles. The third-order valence-corrected chi connectivity index (χ3v) is 2.29. The van der Waals surface area contributed by atoms with Gasteiger partial charge in [0.2, 0.25) is 6.41 Å². The molecule has 1 saturated heterocycles. The third kappa shape index (κ3) is 3.71. The Morgan fingerprint density at radius 2 is 2.00 bits per heavy atom. The van der Waals surface area contributed by atoms with Crippen molar-refractivity contribution in [2.24, 2.45) is 5.90 Å². The van der Waals surface area contributed by atoms with Gasteiger partial charge in [-0.05, 0) is 6.42 Å². The second-order valence-corrected chi connectivity index (χ2v) is 3.21. The predicted molar refractivity (Wildman–Crippen MR) is 48.8 cm³/mol. The van der Waals surface area contributed by atoms with E-state index in [0.29, 0.717) is 6.61 Å². The first kappa shape index (κ1) is 10.4. The van der Waals surface area contributed by atoms with Crippen molar-refractivity contribution in [1.82, 2.24) is 9.80 Å². The lowest BCUT2D eigenvalue weighted by molar-refractivity contribution is -0.119. The summed E-state index contributed by atoms with van der Waals surface area (Å²) in [5, 5.41) is 0. The summed E-state index contributed by atoms with van der Waals surface area (Å²) in [6, 6.07) is 0. The highest BCUT2D eigenvalue weighted by Gasteiger charge is 2.14. The summed E-state index contributed by atoms with van der Waals surface area (Å²) < 4.78 is 0. The molecule has 0 aliphatic carbocycles. The van der Waals surface area contributed by atoms with Gasteiger partial charge in [0, 0.05) is 32.7 Å². The zero-order valence-electron chi connectivity index (χ0n) is 7.82. The highest BCUT2D eigenvalue weighted by Crippen LogP contribution is 1.99. The number of hydrogen-bond acceptors (Lipinski definition) is 4. The van der Waals surface area contributed by atoms with E-state index in [1.54, 1.807) is 4.90 Å². The van der Waals surface area contributed by atoms with Crippen LogP contribution in [0.5, 0.6) is 0 Å². The average Bonchev–Trinajstić information content (AvgIpc) is 2.19. The average molecular weight is 187 g/mol. The van der Waals surface area contributed by atoms with Gasteiger partial charge < -0.3 is 9.74 Å². The Labute approximate surface area is 78.4 Å². The molecule has 0 aromatic heterocycles. The summed E-state index contributed by atoms with van der Waals surface area (Å²) in [5.41, 5.74) is 0. The molecule has 5 nitrogen and oxygen atoms in total. The van der Waals surface area contributed by atoms with Crippen LogP contribution < -0.4 is 5.90 Å². The standard InChI is InChI=1S/C8H17N3O2/c9-13-7-1-2-10-3-5-11(8-12)6-4-10/h8H,1-7,9H2. The van der Waals surface area contributed by atoms with Crippen molar-refractivity contribution in [3.63, 3.8) is 0 Å². The van der Waals surface area contributed by atoms with Gasteiger partial charge in [-0.3, -0.25) is 9.69 Å². The van der Waals surface area contributed by atoms with E-state index in [4.69, 9.17) is 5.90 Å². The van der Waals surface area contributed by atoms with Crippen molar-refractivity contribution in [2.75, 3.05) is 39.3 Å². The van der Waals surface area contributed by atoms with Crippen molar-refractivity contribution in [2.45, 2.75) is 6.42 Å². The van der Waals surface area contributed by atoms with Crippen molar-refractivity contribution >= 4 is 6.41 Å². The molecule has 1 aliphatic heterocycles.